The fourth-order valence-corrected chi connectivity index (χ4v) is 2.33. The number of nitrogens with zero attached hydrogens (tertiary/aromatic N) is 2. The molecule has 3 rings (SSSR count). The predicted octanol–water partition coefficient (Wildman–Crippen LogP) is 4.06. The summed E-state index contributed by atoms with van der Waals surface area (Å²) in [6, 6.07) is 14.2. The predicted molar refractivity (Wildman–Crippen MR) is 93.4 cm³/mol. The monoisotopic (exact) mass is 339 g/mol. The Kier molecular flexibility index (Phi) is 4.72. The Morgan fingerprint density at radius 1 is 1.08 bits per heavy atom. The lowest BCUT2D eigenvalue weighted by molar-refractivity contribution is 0.102. The van der Waals surface area contributed by atoms with E-state index in [1.165, 1.54) is 0 Å². The van der Waals surface area contributed by atoms with E-state index in [-0.39, 0.29) is 5.91 Å². The van der Waals surface area contributed by atoms with Crippen LogP contribution in [-0.4, -0.2) is 23.0 Å². The van der Waals surface area contributed by atoms with Crippen LogP contribution in [0.25, 0.3) is 11.4 Å². The van der Waals surface area contributed by atoms with E-state index < -0.39 is 0 Å². The number of anilines is 1. The molecule has 3 aromatic rings. The minimum atomic E-state index is -0.256. The number of nitrogens with one attached hydrogen (secondary N) is 1. The van der Waals surface area contributed by atoms with E-state index >= 15 is 0 Å². The minimum absolute atomic E-state index is 0.256. The number of methoxy groups -OCH3 is 1. The zero-order chi connectivity index (χ0) is 16.9. The summed E-state index contributed by atoms with van der Waals surface area (Å²) in [5.41, 5.74) is 1.81. The first-order valence-corrected chi connectivity index (χ1v) is 7.57. The molecule has 0 saturated carbocycles. The van der Waals surface area contributed by atoms with Crippen LogP contribution in [0.4, 0.5) is 5.69 Å². The van der Waals surface area contributed by atoms with Crippen LogP contribution in [0, 0.1) is 0 Å². The molecule has 0 radical (unpaired) electrons. The molecule has 1 N–H and O–H groups in total. The van der Waals surface area contributed by atoms with Crippen molar-refractivity contribution in [1.29, 1.82) is 0 Å². The normalized spacial score (nSPS) is 10.2. The molecular formula is C18H14ClN3O2. The van der Waals surface area contributed by atoms with Crippen molar-refractivity contribution in [2.45, 2.75) is 0 Å². The fraction of sp³-hybridized carbons (Fsp3) is 0.0556. The van der Waals surface area contributed by atoms with Gasteiger partial charge in [0.1, 0.15) is 5.75 Å². The number of carbonyl (C=O) groups excluding carboxylic acids is 1. The quantitative estimate of drug-likeness (QED) is 0.778. The number of halogens is 1. The molecule has 1 heterocycles. The second kappa shape index (κ2) is 7.10. The first-order valence-electron chi connectivity index (χ1n) is 7.19. The molecule has 120 valence electrons. The summed E-state index contributed by atoms with van der Waals surface area (Å²) in [6.07, 6.45) is 3.11. The molecule has 0 fully saturated rings. The molecule has 0 spiro atoms. The van der Waals surface area contributed by atoms with Gasteiger partial charge in [-0.1, -0.05) is 29.8 Å². The lowest BCUT2D eigenvalue weighted by Gasteiger charge is -2.07. The molecule has 0 bridgehead atoms. The number of amides is 1. The topological polar surface area (TPSA) is 64.1 Å². The Hall–Kier alpha value is -2.92. The van der Waals surface area contributed by atoms with Crippen LogP contribution in [0.3, 0.4) is 0 Å². The molecule has 24 heavy (non-hydrogen) atoms. The smallest absolute Gasteiger partial charge is 0.255 e. The molecule has 1 aromatic heterocycles. The zero-order valence-corrected chi connectivity index (χ0v) is 13.6. The van der Waals surface area contributed by atoms with Crippen molar-refractivity contribution in [3.63, 3.8) is 0 Å². The van der Waals surface area contributed by atoms with Crippen molar-refractivity contribution < 1.29 is 9.53 Å². The number of ether oxygens (including phenoxy) is 1. The van der Waals surface area contributed by atoms with Crippen LogP contribution in [0.5, 0.6) is 5.75 Å². The van der Waals surface area contributed by atoms with Gasteiger partial charge in [0.15, 0.2) is 5.82 Å². The Bertz CT molecular complexity index is 866. The van der Waals surface area contributed by atoms with E-state index in [1.54, 1.807) is 55.9 Å². The summed E-state index contributed by atoms with van der Waals surface area (Å²) >= 11 is 5.96. The van der Waals surface area contributed by atoms with Crippen LogP contribution in [-0.2, 0) is 0 Å². The van der Waals surface area contributed by atoms with Crippen molar-refractivity contribution in [3.8, 4) is 17.1 Å². The van der Waals surface area contributed by atoms with Crippen molar-refractivity contribution >= 4 is 23.2 Å². The van der Waals surface area contributed by atoms with Crippen molar-refractivity contribution in [2.24, 2.45) is 0 Å². The Morgan fingerprint density at radius 3 is 2.54 bits per heavy atom. The van der Waals surface area contributed by atoms with Gasteiger partial charge in [0.2, 0.25) is 0 Å². The lowest BCUT2D eigenvalue weighted by Crippen LogP contribution is -2.12. The van der Waals surface area contributed by atoms with Crippen molar-refractivity contribution in [2.75, 3.05) is 12.4 Å². The van der Waals surface area contributed by atoms with Crippen LogP contribution in [0.1, 0.15) is 10.4 Å². The fourth-order valence-electron chi connectivity index (χ4n) is 2.14. The van der Waals surface area contributed by atoms with Crippen LogP contribution in [0.15, 0.2) is 60.9 Å². The minimum Gasteiger partial charge on any atom is -0.497 e. The third-order valence-electron chi connectivity index (χ3n) is 3.32. The maximum atomic E-state index is 12.2. The molecule has 6 heteroatoms. The molecule has 2 aromatic carbocycles. The SMILES string of the molecule is COc1cccc(C(=O)Nc2cnc(-c3cccc(Cl)c3)nc2)c1. The number of carbonyl (C=O) groups is 1. The molecule has 0 unspecified atom stereocenters. The molecule has 0 aliphatic heterocycles. The molecule has 0 aliphatic carbocycles. The summed E-state index contributed by atoms with van der Waals surface area (Å²) in [5, 5.41) is 3.37. The third-order valence-corrected chi connectivity index (χ3v) is 3.56. The van der Waals surface area contributed by atoms with Gasteiger partial charge in [-0.15, -0.1) is 0 Å². The molecule has 0 atom stereocenters. The van der Waals surface area contributed by atoms with Gasteiger partial charge in [-0.2, -0.15) is 0 Å². The Labute approximate surface area is 144 Å². The maximum Gasteiger partial charge on any atom is 0.255 e. The standard InChI is InChI=1S/C18H14ClN3O2/c1-24-16-7-3-5-13(9-16)18(23)22-15-10-20-17(21-11-15)12-4-2-6-14(19)8-12/h2-11H,1H3,(H,22,23). The molecular weight excluding hydrogens is 326 g/mol. The highest BCUT2D eigenvalue weighted by Crippen LogP contribution is 2.20. The summed E-state index contributed by atoms with van der Waals surface area (Å²) in [5.74, 6) is 0.903. The van der Waals surface area contributed by atoms with Crippen LogP contribution >= 0.6 is 11.6 Å². The van der Waals surface area contributed by atoms with Gasteiger partial charge in [0.05, 0.1) is 25.2 Å². The molecule has 1 amide bonds. The van der Waals surface area contributed by atoms with Gasteiger partial charge in [-0.05, 0) is 30.3 Å². The third kappa shape index (κ3) is 3.70. The van der Waals surface area contributed by atoms with Crippen molar-refractivity contribution in [1.82, 2.24) is 9.97 Å². The van der Waals surface area contributed by atoms with Gasteiger partial charge in [0.25, 0.3) is 5.91 Å². The van der Waals surface area contributed by atoms with Crippen LogP contribution < -0.4 is 10.1 Å². The van der Waals surface area contributed by atoms with Gasteiger partial charge < -0.3 is 10.1 Å². The van der Waals surface area contributed by atoms with E-state index in [0.29, 0.717) is 27.8 Å². The highest BCUT2D eigenvalue weighted by Gasteiger charge is 2.08. The summed E-state index contributed by atoms with van der Waals surface area (Å²) < 4.78 is 5.11. The van der Waals surface area contributed by atoms with E-state index in [0.717, 1.165) is 5.56 Å². The Balaban J connectivity index is 1.75. The molecule has 0 aliphatic rings. The van der Waals surface area contributed by atoms with Crippen molar-refractivity contribution in [3.05, 3.63) is 71.5 Å². The van der Waals surface area contributed by atoms with E-state index in [1.807, 2.05) is 12.1 Å². The highest BCUT2D eigenvalue weighted by molar-refractivity contribution is 6.30. The van der Waals surface area contributed by atoms with E-state index in [9.17, 15) is 4.79 Å². The first-order chi connectivity index (χ1) is 11.7. The molecule has 5 nitrogen and oxygen atoms in total. The van der Waals surface area contributed by atoms with Gasteiger partial charge >= 0.3 is 0 Å². The number of hydrogen-bond acceptors (Lipinski definition) is 4. The summed E-state index contributed by atoms with van der Waals surface area (Å²) in [7, 11) is 1.55. The van der Waals surface area contributed by atoms with Gasteiger partial charge in [0, 0.05) is 16.1 Å². The Morgan fingerprint density at radius 2 is 1.83 bits per heavy atom. The maximum absolute atomic E-state index is 12.2. The summed E-state index contributed by atoms with van der Waals surface area (Å²) in [4.78, 5) is 20.8. The first kappa shape index (κ1) is 16.0. The van der Waals surface area contributed by atoms with Gasteiger partial charge in [-0.3, -0.25) is 4.79 Å². The number of aromatic nitrogens is 2. The van der Waals surface area contributed by atoms with Crippen LogP contribution in [0.2, 0.25) is 5.02 Å². The summed E-state index contributed by atoms with van der Waals surface area (Å²) in [6.45, 7) is 0. The van der Waals surface area contributed by atoms with E-state index in [4.69, 9.17) is 16.3 Å². The second-order valence-electron chi connectivity index (χ2n) is 4.99. The number of hydrogen-bond donors (Lipinski definition) is 1. The zero-order valence-electron chi connectivity index (χ0n) is 12.9. The van der Waals surface area contributed by atoms with E-state index in [2.05, 4.69) is 15.3 Å². The van der Waals surface area contributed by atoms with Gasteiger partial charge in [-0.25, -0.2) is 9.97 Å². The number of benzene rings is 2. The average molecular weight is 340 g/mol. The highest BCUT2D eigenvalue weighted by atomic mass is 35.5. The lowest BCUT2D eigenvalue weighted by atomic mass is 10.2. The second-order valence-corrected chi connectivity index (χ2v) is 5.43. The largest absolute Gasteiger partial charge is 0.497 e. The number of rotatable bonds is 4. The molecule has 0 saturated heterocycles. The average Bonchev–Trinajstić information content (AvgIpc) is 2.62.